The third kappa shape index (κ3) is 2.89. The van der Waals surface area contributed by atoms with E-state index in [1.807, 2.05) is 12.1 Å². The molecule has 0 radical (unpaired) electrons. The zero-order valence-corrected chi connectivity index (χ0v) is 11.4. The molecule has 0 unspecified atom stereocenters. The predicted molar refractivity (Wildman–Crippen MR) is 67.2 cm³/mol. The molecule has 0 fully saturated rings. The molecule has 0 atom stereocenters. The van der Waals surface area contributed by atoms with Gasteiger partial charge in [0, 0.05) is 17.1 Å². The van der Waals surface area contributed by atoms with Gasteiger partial charge in [-0.2, -0.15) is 0 Å². The molecule has 0 saturated heterocycles. The Bertz CT molecular complexity index is 315. The summed E-state index contributed by atoms with van der Waals surface area (Å²) in [5, 5.41) is 3.32. The van der Waals surface area contributed by atoms with E-state index in [2.05, 4.69) is 44.1 Å². The Morgan fingerprint density at radius 2 is 2.00 bits per heavy atom. The molecule has 1 rings (SSSR count). The van der Waals surface area contributed by atoms with Crippen molar-refractivity contribution in [3.63, 3.8) is 0 Å². The molecule has 0 aromatic heterocycles. The van der Waals surface area contributed by atoms with Crippen molar-refractivity contribution in [2.24, 2.45) is 0 Å². The first-order valence-corrected chi connectivity index (χ1v) is 6.04. The summed E-state index contributed by atoms with van der Waals surface area (Å²) >= 11 is 6.92. The van der Waals surface area contributed by atoms with Crippen molar-refractivity contribution in [2.75, 3.05) is 19.0 Å². The van der Waals surface area contributed by atoms with Crippen molar-refractivity contribution in [3.8, 4) is 5.75 Å². The quantitative estimate of drug-likeness (QED) is 0.903. The number of hydrogen-bond acceptors (Lipinski definition) is 2. The third-order valence-electron chi connectivity index (χ3n) is 1.81. The van der Waals surface area contributed by atoms with Crippen LogP contribution in [-0.4, -0.2) is 13.7 Å². The van der Waals surface area contributed by atoms with E-state index in [1.54, 1.807) is 7.11 Å². The number of rotatable bonds is 4. The van der Waals surface area contributed by atoms with E-state index < -0.39 is 0 Å². The number of nitrogens with one attached hydrogen (secondary N) is 1. The smallest absolute Gasteiger partial charge is 0.135 e. The molecule has 0 aliphatic carbocycles. The summed E-state index contributed by atoms with van der Waals surface area (Å²) in [6, 6.07) is 3.96. The number of anilines is 1. The first-order chi connectivity index (χ1) is 6.69. The number of methoxy groups -OCH3 is 1. The Kier molecular flexibility index (Phi) is 4.75. The lowest BCUT2D eigenvalue weighted by atomic mass is 10.3. The first-order valence-electron chi connectivity index (χ1n) is 4.46. The maximum atomic E-state index is 5.21. The van der Waals surface area contributed by atoms with Crippen LogP contribution >= 0.6 is 31.9 Å². The normalized spacial score (nSPS) is 10.0. The average Bonchev–Trinajstić information content (AvgIpc) is 2.17. The molecule has 1 aromatic rings. The summed E-state index contributed by atoms with van der Waals surface area (Å²) in [6.07, 6.45) is 1.10. The van der Waals surface area contributed by atoms with Crippen LogP contribution in [0.5, 0.6) is 5.75 Å². The van der Waals surface area contributed by atoms with Crippen molar-refractivity contribution < 1.29 is 4.74 Å². The highest BCUT2D eigenvalue weighted by Gasteiger charge is 2.05. The minimum absolute atomic E-state index is 0.840. The largest absolute Gasteiger partial charge is 0.495 e. The van der Waals surface area contributed by atoms with Crippen LogP contribution in [0.15, 0.2) is 21.1 Å². The molecule has 0 heterocycles. The molecule has 0 spiro atoms. The second kappa shape index (κ2) is 5.61. The van der Waals surface area contributed by atoms with Crippen LogP contribution in [0.3, 0.4) is 0 Å². The van der Waals surface area contributed by atoms with Crippen LogP contribution in [0.1, 0.15) is 13.3 Å². The summed E-state index contributed by atoms with van der Waals surface area (Å²) in [6.45, 7) is 3.10. The predicted octanol–water partition coefficient (Wildman–Crippen LogP) is 4.04. The third-order valence-corrected chi connectivity index (χ3v) is 3.08. The van der Waals surface area contributed by atoms with Gasteiger partial charge >= 0.3 is 0 Å². The monoisotopic (exact) mass is 321 g/mol. The Hall–Kier alpha value is -0.220. The lowest BCUT2D eigenvalue weighted by molar-refractivity contribution is 0.412. The van der Waals surface area contributed by atoms with Gasteiger partial charge in [-0.15, -0.1) is 0 Å². The summed E-state index contributed by atoms with van der Waals surface area (Å²) in [7, 11) is 1.66. The fraction of sp³-hybridized carbons (Fsp3) is 0.400. The van der Waals surface area contributed by atoms with Crippen molar-refractivity contribution in [2.45, 2.75) is 13.3 Å². The van der Waals surface area contributed by atoms with E-state index in [-0.39, 0.29) is 0 Å². The van der Waals surface area contributed by atoms with Gasteiger partial charge in [0.2, 0.25) is 0 Å². The van der Waals surface area contributed by atoms with Gasteiger partial charge in [0.25, 0.3) is 0 Å². The highest BCUT2D eigenvalue weighted by atomic mass is 79.9. The maximum Gasteiger partial charge on any atom is 0.135 e. The minimum Gasteiger partial charge on any atom is -0.495 e. The number of ether oxygens (including phenoxy) is 1. The van der Waals surface area contributed by atoms with E-state index in [9.17, 15) is 0 Å². The Morgan fingerprint density at radius 1 is 1.29 bits per heavy atom. The molecule has 4 heteroatoms. The average molecular weight is 323 g/mol. The molecule has 1 aromatic carbocycles. The van der Waals surface area contributed by atoms with Crippen LogP contribution in [-0.2, 0) is 0 Å². The van der Waals surface area contributed by atoms with Crippen molar-refractivity contribution in [1.82, 2.24) is 0 Å². The standard InChI is InChI=1S/C10H13Br2NO/c1-3-4-13-9-6-10(14-2)8(12)5-7(9)11/h5-6,13H,3-4H2,1-2H3. The topological polar surface area (TPSA) is 21.3 Å². The molecule has 78 valence electrons. The Morgan fingerprint density at radius 3 is 2.57 bits per heavy atom. The molecule has 0 aliphatic rings. The van der Waals surface area contributed by atoms with Gasteiger partial charge in [-0.25, -0.2) is 0 Å². The summed E-state index contributed by atoms with van der Waals surface area (Å²) in [4.78, 5) is 0. The Labute approximate surface area is 101 Å². The van der Waals surface area contributed by atoms with Crippen LogP contribution < -0.4 is 10.1 Å². The molecule has 1 N–H and O–H groups in total. The summed E-state index contributed by atoms with van der Waals surface area (Å²) in [5.41, 5.74) is 1.06. The number of benzene rings is 1. The first kappa shape index (κ1) is 11.9. The molecule has 0 bridgehead atoms. The highest BCUT2D eigenvalue weighted by molar-refractivity contribution is 9.11. The summed E-state index contributed by atoms with van der Waals surface area (Å²) in [5.74, 6) is 0.840. The molecule has 0 saturated carbocycles. The van der Waals surface area contributed by atoms with Crippen LogP contribution in [0, 0.1) is 0 Å². The van der Waals surface area contributed by atoms with Gasteiger partial charge in [-0.3, -0.25) is 0 Å². The van der Waals surface area contributed by atoms with Gasteiger partial charge in [0.15, 0.2) is 0 Å². The van der Waals surface area contributed by atoms with Crippen molar-refractivity contribution in [3.05, 3.63) is 21.1 Å². The highest BCUT2D eigenvalue weighted by Crippen LogP contribution is 2.34. The van der Waals surface area contributed by atoms with E-state index >= 15 is 0 Å². The molecule has 0 amide bonds. The second-order valence-corrected chi connectivity index (χ2v) is 4.60. The number of halogens is 2. The fourth-order valence-electron chi connectivity index (χ4n) is 1.08. The van der Waals surface area contributed by atoms with Crippen LogP contribution in [0.4, 0.5) is 5.69 Å². The molecular weight excluding hydrogens is 310 g/mol. The maximum absolute atomic E-state index is 5.21. The lowest BCUT2D eigenvalue weighted by Crippen LogP contribution is -2.00. The van der Waals surface area contributed by atoms with Gasteiger partial charge in [0.05, 0.1) is 17.3 Å². The fourth-order valence-corrected chi connectivity index (χ4v) is 2.38. The molecule has 2 nitrogen and oxygen atoms in total. The zero-order valence-electron chi connectivity index (χ0n) is 8.23. The molecule has 0 aliphatic heterocycles. The van der Waals surface area contributed by atoms with Crippen molar-refractivity contribution >= 4 is 37.5 Å². The van der Waals surface area contributed by atoms with E-state index in [0.717, 1.165) is 33.3 Å². The van der Waals surface area contributed by atoms with Crippen LogP contribution in [0.25, 0.3) is 0 Å². The van der Waals surface area contributed by atoms with E-state index in [0.29, 0.717) is 0 Å². The van der Waals surface area contributed by atoms with E-state index in [4.69, 9.17) is 4.74 Å². The molecule has 14 heavy (non-hydrogen) atoms. The lowest BCUT2D eigenvalue weighted by Gasteiger charge is -2.10. The molecular formula is C10H13Br2NO. The van der Waals surface area contributed by atoms with E-state index in [1.165, 1.54) is 0 Å². The zero-order chi connectivity index (χ0) is 10.6. The van der Waals surface area contributed by atoms with Gasteiger partial charge in [-0.05, 0) is 44.3 Å². The van der Waals surface area contributed by atoms with Crippen LogP contribution in [0.2, 0.25) is 0 Å². The van der Waals surface area contributed by atoms with Gasteiger partial charge < -0.3 is 10.1 Å². The van der Waals surface area contributed by atoms with Gasteiger partial charge in [-0.1, -0.05) is 6.92 Å². The number of hydrogen-bond donors (Lipinski definition) is 1. The Balaban J connectivity index is 2.92. The summed E-state index contributed by atoms with van der Waals surface area (Å²) < 4.78 is 7.21. The van der Waals surface area contributed by atoms with Crippen molar-refractivity contribution in [1.29, 1.82) is 0 Å². The second-order valence-electron chi connectivity index (χ2n) is 2.89. The van der Waals surface area contributed by atoms with Gasteiger partial charge in [0.1, 0.15) is 5.75 Å². The minimum atomic E-state index is 0.840. The SMILES string of the molecule is CCCNc1cc(OC)c(Br)cc1Br.